The molecule has 1 atom stereocenters. The highest BCUT2D eigenvalue weighted by Gasteiger charge is 2.19. The van der Waals surface area contributed by atoms with E-state index in [2.05, 4.69) is 60.8 Å². The molecule has 2 aromatic carbocycles. The van der Waals surface area contributed by atoms with E-state index in [-0.39, 0.29) is 0 Å². The molecule has 0 aromatic heterocycles. The van der Waals surface area contributed by atoms with Crippen LogP contribution in [-0.2, 0) is 6.54 Å². The lowest BCUT2D eigenvalue weighted by Crippen LogP contribution is -2.24. The molecule has 0 radical (unpaired) electrons. The molecule has 0 saturated heterocycles. The quantitative estimate of drug-likeness (QED) is 0.890. The predicted octanol–water partition coefficient (Wildman–Crippen LogP) is 4.32. The summed E-state index contributed by atoms with van der Waals surface area (Å²) in [6.07, 6.45) is 1.22. The van der Waals surface area contributed by atoms with Crippen LogP contribution in [0.15, 0.2) is 53.4 Å². The van der Waals surface area contributed by atoms with E-state index < -0.39 is 0 Å². The first-order valence-electron chi connectivity index (χ1n) is 6.83. The number of hydrogen-bond acceptors (Lipinski definition) is 2. The Labute approximate surface area is 119 Å². The zero-order chi connectivity index (χ0) is 13.1. The maximum Gasteiger partial charge on any atom is 0.0342 e. The third kappa shape index (κ3) is 3.02. The standard InChI is InChI=1S/C17H19NS/c1-13-5-4-6-14(11-13)12-18-16-9-10-19-17-8-3-2-7-15(16)17/h2-8,11,16,18H,9-10,12H2,1H3. The summed E-state index contributed by atoms with van der Waals surface area (Å²) in [6, 6.07) is 18.0. The molecular formula is C17H19NS. The van der Waals surface area contributed by atoms with E-state index in [0.717, 1.165) is 6.54 Å². The highest BCUT2D eigenvalue weighted by Crippen LogP contribution is 2.35. The Balaban J connectivity index is 1.71. The highest BCUT2D eigenvalue weighted by molar-refractivity contribution is 7.99. The van der Waals surface area contributed by atoms with Gasteiger partial charge in [-0.25, -0.2) is 0 Å². The van der Waals surface area contributed by atoms with Crippen LogP contribution in [0.4, 0.5) is 0 Å². The fraction of sp³-hybridized carbons (Fsp3) is 0.294. The Bertz CT molecular complexity index is 565. The summed E-state index contributed by atoms with van der Waals surface area (Å²) >= 11 is 1.98. The van der Waals surface area contributed by atoms with Crippen molar-refractivity contribution in [3.63, 3.8) is 0 Å². The summed E-state index contributed by atoms with van der Waals surface area (Å²) in [5.74, 6) is 1.21. The molecule has 1 aliphatic heterocycles. The van der Waals surface area contributed by atoms with Crippen LogP contribution in [-0.4, -0.2) is 5.75 Å². The van der Waals surface area contributed by atoms with Crippen LogP contribution in [0.25, 0.3) is 0 Å². The van der Waals surface area contributed by atoms with Crippen molar-refractivity contribution in [1.82, 2.24) is 5.32 Å². The number of nitrogens with one attached hydrogen (secondary N) is 1. The van der Waals surface area contributed by atoms with Crippen LogP contribution in [0.5, 0.6) is 0 Å². The van der Waals surface area contributed by atoms with Crippen molar-refractivity contribution in [2.24, 2.45) is 0 Å². The van der Waals surface area contributed by atoms with Crippen molar-refractivity contribution in [1.29, 1.82) is 0 Å². The maximum absolute atomic E-state index is 3.71. The molecule has 0 saturated carbocycles. The summed E-state index contributed by atoms with van der Waals surface area (Å²) in [6.45, 7) is 3.10. The van der Waals surface area contributed by atoms with E-state index in [4.69, 9.17) is 0 Å². The first-order valence-corrected chi connectivity index (χ1v) is 7.82. The van der Waals surface area contributed by atoms with Gasteiger partial charge in [-0.2, -0.15) is 0 Å². The van der Waals surface area contributed by atoms with Crippen LogP contribution >= 0.6 is 11.8 Å². The molecule has 1 nitrogen and oxygen atoms in total. The minimum absolute atomic E-state index is 0.498. The predicted molar refractivity (Wildman–Crippen MR) is 82.5 cm³/mol. The largest absolute Gasteiger partial charge is 0.306 e. The molecule has 0 aliphatic carbocycles. The number of rotatable bonds is 3. The number of benzene rings is 2. The van der Waals surface area contributed by atoms with Gasteiger partial charge in [-0.15, -0.1) is 11.8 Å². The molecule has 0 spiro atoms. The third-order valence-corrected chi connectivity index (χ3v) is 4.72. The Morgan fingerprint density at radius 2 is 2.05 bits per heavy atom. The van der Waals surface area contributed by atoms with Gasteiger partial charge in [-0.05, 0) is 36.3 Å². The maximum atomic E-state index is 3.71. The molecule has 1 aliphatic rings. The van der Waals surface area contributed by atoms with E-state index in [1.165, 1.54) is 33.8 Å². The molecule has 2 heteroatoms. The van der Waals surface area contributed by atoms with E-state index >= 15 is 0 Å². The first-order chi connectivity index (χ1) is 9.33. The minimum atomic E-state index is 0.498. The van der Waals surface area contributed by atoms with Crippen LogP contribution in [0.1, 0.15) is 29.2 Å². The SMILES string of the molecule is Cc1cccc(CNC2CCSc3ccccc32)c1. The number of aryl methyl sites for hydroxylation is 1. The normalized spacial score (nSPS) is 18.1. The molecule has 0 amide bonds. The molecule has 1 unspecified atom stereocenters. The van der Waals surface area contributed by atoms with Gasteiger partial charge in [0.05, 0.1) is 0 Å². The third-order valence-electron chi connectivity index (χ3n) is 3.59. The van der Waals surface area contributed by atoms with Gasteiger partial charge in [0.15, 0.2) is 0 Å². The van der Waals surface area contributed by atoms with Crippen molar-refractivity contribution < 1.29 is 0 Å². The lowest BCUT2D eigenvalue weighted by atomic mass is 10.0. The fourth-order valence-corrected chi connectivity index (χ4v) is 3.74. The van der Waals surface area contributed by atoms with Gasteiger partial charge in [0.2, 0.25) is 0 Å². The zero-order valence-corrected chi connectivity index (χ0v) is 12.0. The Kier molecular flexibility index (Phi) is 3.90. The lowest BCUT2D eigenvalue weighted by Gasteiger charge is -2.26. The van der Waals surface area contributed by atoms with Gasteiger partial charge in [-0.1, -0.05) is 48.0 Å². The van der Waals surface area contributed by atoms with Gasteiger partial charge in [-0.3, -0.25) is 0 Å². The van der Waals surface area contributed by atoms with Gasteiger partial charge in [0.25, 0.3) is 0 Å². The average molecular weight is 269 g/mol. The second-order valence-corrected chi connectivity index (χ2v) is 6.23. The number of thioether (sulfide) groups is 1. The van der Waals surface area contributed by atoms with Gasteiger partial charge in [0.1, 0.15) is 0 Å². The lowest BCUT2D eigenvalue weighted by molar-refractivity contribution is 0.510. The van der Waals surface area contributed by atoms with Crippen molar-refractivity contribution in [2.75, 3.05) is 5.75 Å². The van der Waals surface area contributed by atoms with Crippen LogP contribution in [0, 0.1) is 6.92 Å². The molecule has 1 heterocycles. The number of hydrogen-bond donors (Lipinski definition) is 1. The molecule has 0 fully saturated rings. The summed E-state index contributed by atoms with van der Waals surface area (Å²) < 4.78 is 0. The smallest absolute Gasteiger partial charge is 0.0342 e. The van der Waals surface area contributed by atoms with Crippen molar-refractivity contribution in [3.05, 3.63) is 65.2 Å². The Morgan fingerprint density at radius 1 is 1.16 bits per heavy atom. The van der Waals surface area contributed by atoms with E-state index in [9.17, 15) is 0 Å². The van der Waals surface area contributed by atoms with Crippen LogP contribution < -0.4 is 5.32 Å². The molecule has 1 N–H and O–H groups in total. The Hall–Kier alpha value is -1.25. The molecule has 19 heavy (non-hydrogen) atoms. The minimum Gasteiger partial charge on any atom is -0.306 e. The highest BCUT2D eigenvalue weighted by atomic mass is 32.2. The summed E-state index contributed by atoms with van der Waals surface area (Å²) in [5, 5.41) is 3.71. The first kappa shape index (κ1) is 12.8. The van der Waals surface area contributed by atoms with Crippen molar-refractivity contribution >= 4 is 11.8 Å². The van der Waals surface area contributed by atoms with Gasteiger partial charge in [0, 0.05) is 17.5 Å². The molecule has 3 rings (SSSR count). The van der Waals surface area contributed by atoms with E-state index in [0.29, 0.717) is 6.04 Å². The van der Waals surface area contributed by atoms with Gasteiger partial charge >= 0.3 is 0 Å². The molecule has 0 bridgehead atoms. The Morgan fingerprint density at radius 3 is 2.95 bits per heavy atom. The van der Waals surface area contributed by atoms with E-state index in [1.54, 1.807) is 0 Å². The topological polar surface area (TPSA) is 12.0 Å². The van der Waals surface area contributed by atoms with Gasteiger partial charge < -0.3 is 5.32 Å². The second kappa shape index (κ2) is 5.81. The fourth-order valence-electron chi connectivity index (χ4n) is 2.62. The van der Waals surface area contributed by atoms with Crippen LogP contribution in [0.2, 0.25) is 0 Å². The average Bonchev–Trinajstić information content (AvgIpc) is 2.45. The zero-order valence-electron chi connectivity index (χ0n) is 11.2. The van der Waals surface area contributed by atoms with Crippen molar-refractivity contribution in [2.45, 2.75) is 30.8 Å². The molecular weight excluding hydrogens is 250 g/mol. The van der Waals surface area contributed by atoms with Crippen LogP contribution in [0.3, 0.4) is 0 Å². The number of fused-ring (bicyclic) bond motifs is 1. The summed E-state index contributed by atoms with van der Waals surface area (Å²) in [4.78, 5) is 1.44. The monoisotopic (exact) mass is 269 g/mol. The second-order valence-electron chi connectivity index (χ2n) is 5.10. The van der Waals surface area contributed by atoms with Crippen molar-refractivity contribution in [3.8, 4) is 0 Å². The summed E-state index contributed by atoms with van der Waals surface area (Å²) in [7, 11) is 0. The molecule has 2 aromatic rings. The van der Waals surface area contributed by atoms with E-state index in [1.807, 2.05) is 11.8 Å². The molecule has 98 valence electrons. The summed E-state index contributed by atoms with van der Waals surface area (Å²) in [5.41, 5.74) is 4.17.